The third kappa shape index (κ3) is 5.39. The standard InChI is InChI=1S/C23H25N5O3/c1-30-21-12-17(10-11-20(21)31-15-16-6-3-2-4-7-16)14-24-23(29)19-9-5-8-18(13-19)22-25-27-28-26-22/h2-13,22,25-28H,14-15H2,1H3,(H,24,29). The van der Waals surface area contributed by atoms with Gasteiger partial charge in [-0.15, -0.1) is 0 Å². The quantitative estimate of drug-likeness (QED) is 0.382. The average molecular weight is 419 g/mol. The highest BCUT2D eigenvalue weighted by Gasteiger charge is 2.16. The van der Waals surface area contributed by atoms with Gasteiger partial charge >= 0.3 is 0 Å². The van der Waals surface area contributed by atoms with Crippen molar-refractivity contribution in [2.24, 2.45) is 0 Å². The van der Waals surface area contributed by atoms with Crippen LogP contribution in [0.15, 0.2) is 72.8 Å². The molecule has 1 fully saturated rings. The summed E-state index contributed by atoms with van der Waals surface area (Å²) >= 11 is 0. The Bertz CT molecular complexity index is 1020. The van der Waals surface area contributed by atoms with Crippen molar-refractivity contribution < 1.29 is 14.3 Å². The van der Waals surface area contributed by atoms with E-state index in [0.29, 0.717) is 30.2 Å². The van der Waals surface area contributed by atoms with Gasteiger partial charge in [0.15, 0.2) is 11.5 Å². The van der Waals surface area contributed by atoms with Crippen molar-refractivity contribution in [1.82, 2.24) is 27.2 Å². The van der Waals surface area contributed by atoms with E-state index in [2.05, 4.69) is 27.2 Å². The van der Waals surface area contributed by atoms with Crippen molar-refractivity contribution in [3.63, 3.8) is 0 Å². The van der Waals surface area contributed by atoms with E-state index in [1.54, 1.807) is 13.2 Å². The maximum Gasteiger partial charge on any atom is 0.251 e. The molecule has 5 N–H and O–H groups in total. The van der Waals surface area contributed by atoms with E-state index >= 15 is 0 Å². The van der Waals surface area contributed by atoms with Crippen LogP contribution < -0.4 is 36.7 Å². The maximum absolute atomic E-state index is 12.6. The molecule has 0 aromatic heterocycles. The summed E-state index contributed by atoms with van der Waals surface area (Å²) in [6.45, 7) is 0.834. The molecular formula is C23H25N5O3. The average Bonchev–Trinajstić information content (AvgIpc) is 3.37. The summed E-state index contributed by atoms with van der Waals surface area (Å²) in [6.07, 6.45) is -0.125. The van der Waals surface area contributed by atoms with E-state index in [-0.39, 0.29) is 12.1 Å². The first-order valence-corrected chi connectivity index (χ1v) is 9.96. The van der Waals surface area contributed by atoms with Crippen LogP contribution >= 0.6 is 0 Å². The number of hydrazine groups is 3. The van der Waals surface area contributed by atoms with Gasteiger partial charge in [-0.25, -0.2) is 10.9 Å². The van der Waals surface area contributed by atoms with Crippen molar-refractivity contribution in [2.45, 2.75) is 19.3 Å². The molecule has 8 nitrogen and oxygen atoms in total. The van der Waals surface area contributed by atoms with E-state index in [4.69, 9.17) is 9.47 Å². The lowest BCUT2D eigenvalue weighted by atomic mass is 10.1. The predicted molar refractivity (Wildman–Crippen MR) is 117 cm³/mol. The molecule has 8 heteroatoms. The van der Waals surface area contributed by atoms with Gasteiger partial charge in [-0.2, -0.15) is 11.1 Å². The van der Waals surface area contributed by atoms with Crippen molar-refractivity contribution in [1.29, 1.82) is 0 Å². The van der Waals surface area contributed by atoms with Crippen LogP contribution in [0.25, 0.3) is 0 Å². The normalized spacial score (nSPS) is 13.7. The van der Waals surface area contributed by atoms with Crippen LogP contribution in [-0.2, 0) is 13.2 Å². The smallest absolute Gasteiger partial charge is 0.251 e. The molecule has 0 radical (unpaired) electrons. The lowest BCUT2D eigenvalue weighted by Gasteiger charge is -2.13. The number of ether oxygens (including phenoxy) is 2. The molecule has 1 aliphatic heterocycles. The fourth-order valence-corrected chi connectivity index (χ4v) is 3.24. The number of nitrogens with one attached hydrogen (secondary N) is 5. The molecular weight excluding hydrogens is 394 g/mol. The van der Waals surface area contributed by atoms with E-state index in [1.165, 1.54) is 0 Å². The van der Waals surface area contributed by atoms with E-state index < -0.39 is 0 Å². The van der Waals surface area contributed by atoms with Crippen LogP contribution in [0, 0.1) is 0 Å². The van der Waals surface area contributed by atoms with Gasteiger partial charge in [0.05, 0.1) is 7.11 Å². The third-order valence-electron chi connectivity index (χ3n) is 4.90. The van der Waals surface area contributed by atoms with Gasteiger partial charge in [0, 0.05) is 12.1 Å². The fourth-order valence-electron chi connectivity index (χ4n) is 3.24. The second kappa shape index (κ2) is 10.1. The Balaban J connectivity index is 1.37. The first-order valence-electron chi connectivity index (χ1n) is 9.96. The molecule has 1 amide bonds. The Hall–Kier alpha value is -3.43. The second-order valence-corrected chi connectivity index (χ2v) is 7.04. The monoisotopic (exact) mass is 419 g/mol. The number of amides is 1. The van der Waals surface area contributed by atoms with Gasteiger partial charge in [0.2, 0.25) is 0 Å². The summed E-state index contributed by atoms with van der Waals surface area (Å²) in [5.74, 6) is 1.14. The lowest BCUT2D eigenvalue weighted by Crippen LogP contribution is -2.33. The van der Waals surface area contributed by atoms with Crippen molar-refractivity contribution in [3.05, 3.63) is 95.1 Å². The van der Waals surface area contributed by atoms with Crippen LogP contribution in [0.5, 0.6) is 11.5 Å². The Morgan fingerprint density at radius 2 is 1.71 bits per heavy atom. The number of benzene rings is 3. The Morgan fingerprint density at radius 1 is 0.903 bits per heavy atom. The molecule has 3 aromatic carbocycles. The molecule has 160 valence electrons. The molecule has 0 unspecified atom stereocenters. The number of hydrogen-bond donors (Lipinski definition) is 5. The van der Waals surface area contributed by atoms with Crippen LogP contribution in [-0.4, -0.2) is 13.0 Å². The zero-order valence-electron chi connectivity index (χ0n) is 17.1. The first kappa shape index (κ1) is 20.8. The number of rotatable bonds is 8. The second-order valence-electron chi connectivity index (χ2n) is 7.04. The topological polar surface area (TPSA) is 95.7 Å². The zero-order chi connectivity index (χ0) is 21.5. The minimum Gasteiger partial charge on any atom is -0.493 e. The molecule has 1 saturated heterocycles. The summed E-state index contributed by atoms with van der Waals surface area (Å²) in [5.41, 5.74) is 15.1. The highest BCUT2D eigenvalue weighted by atomic mass is 16.5. The molecule has 4 rings (SSSR count). The summed E-state index contributed by atoms with van der Waals surface area (Å²) in [4.78, 5) is 12.6. The number of hydrogen-bond acceptors (Lipinski definition) is 7. The van der Waals surface area contributed by atoms with Gasteiger partial charge in [-0.05, 0) is 41.0 Å². The van der Waals surface area contributed by atoms with Gasteiger partial charge in [0.1, 0.15) is 12.8 Å². The van der Waals surface area contributed by atoms with E-state index in [9.17, 15) is 4.79 Å². The summed E-state index contributed by atoms with van der Waals surface area (Å²) in [5, 5.41) is 2.95. The third-order valence-corrected chi connectivity index (χ3v) is 4.90. The Kier molecular flexibility index (Phi) is 6.75. The maximum atomic E-state index is 12.6. The molecule has 31 heavy (non-hydrogen) atoms. The Labute approximate surface area is 180 Å². The fraction of sp³-hybridized carbons (Fsp3) is 0.174. The van der Waals surface area contributed by atoms with Gasteiger partial charge < -0.3 is 14.8 Å². The van der Waals surface area contributed by atoms with Gasteiger partial charge in [0.25, 0.3) is 5.91 Å². The van der Waals surface area contributed by atoms with Crippen molar-refractivity contribution in [2.75, 3.05) is 7.11 Å². The zero-order valence-corrected chi connectivity index (χ0v) is 17.1. The number of methoxy groups -OCH3 is 1. The number of carbonyl (C=O) groups is 1. The van der Waals surface area contributed by atoms with Gasteiger partial charge in [-0.3, -0.25) is 4.79 Å². The van der Waals surface area contributed by atoms with Crippen molar-refractivity contribution in [3.8, 4) is 11.5 Å². The molecule has 0 aliphatic carbocycles. The molecule has 0 bridgehead atoms. The molecule has 3 aromatic rings. The van der Waals surface area contributed by atoms with Crippen LogP contribution in [0.4, 0.5) is 0 Å². The molecule has 1 heterocycles. The van der Waals surface area contributed by atoms with Gasteiger partial charge in [-0.1, -0.05) is 48.5 Å². The highest BCUT2D eigenvalue weighted by Crippen LogP contribution is 2.29. The largest absolute Gasteiger partial charge is 0.493 e. The molecule has 0 saturated carbocycles. The van der Waals surface area contributed by atoms with E-state index in [1.807, 2.05) is 66.7 Å². The van der Waals surface area contributed by atoms with E-state index in [0.717, 1.165) is 16.7 Å². The lowest BCUT2D eigenvalue weighted by molar-refractivity contribution is 0.0950. The SMILES string of the molecule is COc1cc(CNC(=O)c2cccc(C3NNNN3)c2)ccc1OCc1ccccc1. The predicted octanol–water partition coefficient (Wildman–Crippen LogP) is 2.32. The van der Waals surface area contributed by atoms with Crippen LogP contribution in [0.1, 0.15) is 33.2 Å². The highest BCUT2D eigenvalue weighted by molar-refractivity contribution is 5.94. The first-order chi connectivity index (χ1) is 15.2. The summed E-state index contributed by atoms with van der Waals surface area (Å²) < 4.78 is 11.4. The van der Waals surface area contributed by atoms with Crippen LogP contribution in [0.3, 0.4) is 0 Å². The molecule has 1 aliphatic rings. The Morgan fingerprint density at radius 3 is 2.48 bits per heavy atom. The minimum absolute atomic E-state index is 0.125. The number of carbonyl (C=O) groups excluding carboxylic acids is 1. The molecule has 0 spiro atoms. The molecule has 0 atom stereocenters. The summed E-state index contributed by atoms with van der Waals surface area (Å²) in [7, 11) is 1.60. The van der Waals surface area contributed by atoms with Crippen LogP contribution in [0.2, 0.25) is 0 Å². The summed E-state index contributed by atoms with van der Waals surface area (Å²) in [6, 6.07) is 23.0. The van der Waals surface area contributed by atoms with Crippen molar-refractivity contribution >= 4 is 5.91 Å². The minimum atomic E-state index is -0.149.